The highest BCUT2D eigenvalue weighted by Gasteiger charge is 2.29. The number of rotatable bonds is 29. The second-order valence-corrected chi connectivity index (χ2v) is 11.6. The molecule has 0 atom stereocenters. The second kappa shape index (κ2) is 25.3. The number of aliphatic carboxylic acids is 2. The van der Waals surface area contributed by atoms with Crippen molar-refractivity contribution in [1.82, 2.24) is 16.0 Å². The average Bonchev–Trinajstić information content (AvgIpc) is 3.45. The third-order valence-corrected chi connectivity index (χ3v) is 7.61. The van der Waals surface area contributed by atoms with Crippen molar-refractivity contribution in [3.63, 3.8) is 0 Å². The first-order chi connectivity index (χ1) is 25.7. The van der Waals surface area contributed by atoms with Crippen LogP contribution in [0.3, 0.4) is 0 Å². The van der Waals surface area contributed by atoms with Gasteiger partial charge in [-0.1, -0.05) is 48.5 Å². The molecule has 0 unspecified atom stereocenters. The molecule has 0 heterocycles. The molecule has 5 N–H and O–H groups in total. The van der Waals surface area contributed by atoms with E-state index in [1.165, 1.54) is 0 Å². The van der Waals surface area contributed by atoms with Gasteiger partial charge in [-0.3, -0.25) is 9.59 Å². The van der Waals surface area contributed by atoms with Crippen LogP contribution in [0.4, 0.5) is 4.79 Å². The normalized spacial score (nSPS) is 11.9. The third kappa shape index (κ3) is 17.6. The standard InChI is InChI=1S/C36H49N3O14/c40-32(37-9-11-47-13-15-49-17-19-51-24-34(42)43)21-26(22-33(41)38-10-12-48-14-16-50-18-20-52-25-35(44)45)39-36(46)53-23-31-29-7-3-1-5-27(29)28-6-2-4-8-30(28)31/h1-8,26,31H,9-25H2,(H,37,40)(H,38,41)(H,39,46)(H,42,43)(H,44,45). The number of carboxylic acid groups (broad SMARTS) is 2. The Hall–Kier alpha value is -4.65. The molecule has 1 aliphatic carbocycles. The topological polar surface area (TPSA) is 227 Å². The molecule has 0 aromatic heterocycles. The van der Waals surface area contributed by atoms with Crippen LogP contribution in [0.2, 0.25) is 0 Å². The summed E-state index contributed by atoms with van der Waals surface area (Å²) < 4.78 is 36.8. The third-order valence-electron chi connectivity index (χ3n) is 7.61. The molecule has 0 spiro atoms. The number of ether oxygens (including phenoxy) is 7. The molecule has 17 nitrogen and oxygen atoms in total. The fraction of sp³-hybridized carbons (Fsp3) is 0.528. The van der Waals surface area contributed by atoms with E-state index in [-0.39, 0.29) is 105 Å². The van der Waals surface area contributed by atoms with Gasteiger partial charge in [0.05, 0.1) is 66.1 Å². The summed E-state index contributed by atoms with van der Waals surface area (Å²) in [6, 6.07) is 15.0. The number of hydrogen-bond donors (Lipinski definition) is 5. The van der Waals surface area contributed by atoms with Gasteiger partial charge in [-0.15, -0.1) is 0 Å². The van der Waals surface area contributed by atoms with Gasteiger partial charge in [-0.2, -0.15) is 0 Å². The molecule has 0 aliphatic heterocycles. The van der Waals surface area contributed by atoms with Crippen molar-refractivity contribution in [1.29, 1.82) is 0 Å². The van der Waals surface area contributed by atoms with Crippen molar-refractivity contribution in [3.05, 3.63) is 59.7 Å². The van der Waals surface area contributed by atoms with Gasteiger partial charge in [-0.25, -0.2) is 14.4 Å². The average molecular weight is 748 g/mol. The van der Waals surface area contributed by atoms with E-state index in [1.807, 2.05) is 48.5 Å². The maximum atomic E-state index is 13.0. The first-order valence-corrected chi connectivity index (χ1v) is 17.3. The van der Waals surface area contributed by atoms with Crippen LogP contribution in [0.15, 0.2) is 48.5 Å². The highest BCUT2D eigenvalue weighted by Crippen LogP contribution is 2.44. The maximum absolute atomic E-state index is 13.0. The van der Waals surface area contributed by atoms with Crippen LogP contribution in [0, 0.1) is 0 Å². The molecule has 1 aliphatic rings. The lowest BCUT2D eigenvalue weighted by Gasteiger charge is -2.20. The number of carbonyl (C=O) groups excluding carboxylic acids is 3. The molecule has 53 heavy (non-hydrogen) atoms. The largest absolute Gasteiger partial charge is 0.480 e. The van der Waals surface area contributed by atoms with E-state index in [1.54, 1.807) is 0 Å². The molecule has 292 valence electrons. The summed E-state index contributed by atoms with van der Waals surface area (Å²) in [5.41, 5.74) is 4.27. The van der Waals surface area contributed by atoms with Gasteiger partial charge in [0.2, 0.25) is 11.8 Å². The monoisotopic (exact) mass is 747 g/mol. The van der Waals surface area contributed by atoms with Crippen molar-refractivity contribution < 1.29 is 67.3 Å². The van der Waals surface area contributed by atoms with E-state index >= 15 is 0 Å². The predicted molar refractivity (Wildman–Crippen MR) is 187 cm³/mol. The Bertz CT molecular complexity index is 1350. The molecule has 0 fully saturated rings. The Morgan fingerprint density at radius 3 is 1.40 bits per heavy atom. The lowest BCUT2D eigenvalue weighted by atomic mass is 9.98. The summed E-state index contributed by atoms with van der Waals surface area (Å²) in [5, 5.41) is 25.2. The van der Waals surface area contributed by atoms with Crippen molar-refractivity contribution in [2.75, 3.05) is 99.0 Å². The van der Waals surface area contributed by atoms with Crippen molar-refractivity contribution in [2.24, 2.45) is 0 Å². The summed E-state index contributed by atoms with van der Waals surface area (Å²) >= 11 is 0. The van der Waals surface area contributed by atoms with Crippen LogP contribution < -0.4 is 16.0 Å². The second-order valence-electron chi connectivity index (χ2n) is 11.6. The number of benzene rings is 2. The number of nitrogens with one attached hydrogen (secondary N) is 3. The summed E-state index contributed by atoms with van der Waals surface area (Å²) in [5.74, 6) is -3.09. The molecule has 0 bridgehead atoms. The SMILES string of the molecule is O=C(O)COCCOCCOCCNC(=O)CC(CC(=O)NCCOCCOCCOCC(=O)O)NC(=O)OCC1c2ccccc2-c2ccccc21. The molecular formula is C36H49N3O14. The fourth-order valence-corrected chi connectivity index (χ4v) is 5.30. The zero-order chi connectivity index (χ0) is 38.1. The minimum atomic E-state index is -1.06. The van der Waals surface area contributed by atoms with E-state index in [9.17, 15) is 24.0 Å². The van der Waals surface area contributed by atoms with Gasteiger partial charge in [0.1, 0.15) is 19.8 Å². The van der Waals surface area contributed by atoms with E-state index in [0.717, 1.165) is 22.3 Å². The van der Waals surface area contributed by atoms with Crippen LogP contribution >= 0.6 is 0 Å². The fourth-order valence-electron chi connectivity index (χ4n) is 5.30. The highest BCUT2D eigenvalue weighted by atomic mass is 16.6. The molecule has 0 radical (unpaired) electrons. The Morgan fingerprint density at radius 1 is 0.566 bits per heavy atom. The first-order valence-electron chi connectivity index (χ1n) is 17.3. The highest BCUT2D eigenvalue weighted by molar-refractivity contribution is 5.82. The van der Waals surface area contributed by atoms with Gasteiger partial charge >= 0.3 is 18.0 Å². The van der Waals surface area contributed by atoms with E-state index < -0.39 is 49.1 Å². The summed E-state index contributed by atoms with van der Waals surface area (Å²) in [4.78, 5) is 59.4. The molecule has 0 saturated heterocycles. The first kappa shape index (κ1) is 42.8. The van der Waals surface area contributed by atoms with Crippen LogP contribution in [0.1, 0.15) is 29.9 Å². The molecule has 0 saturated carbocycles. The van der Waals surface area contributed by atoms with Crippen molar-refractivity contribution in [2.45, 2.75) is 24.8 Å². The van der Waals surface area contributed by atoms with E-state index in [0.29, 0.717) is 0 Å². The predicted octanol–water partition coefficient (Wildman–Crippen LogP) is 1.18. The van der Waals surface area contributed by atoms with Gasteiger partial charge in [0, 0.05) is 37.9 Å². The molecule has 2 aromatic rings. The van der Waals surface area contributed by atoms with Crippen LogP contribution in [-0.2, 0) is 52.3 Å². The lowest BCUT2D eigenvalue weighted by molar-refractivity contribution is -0.143. The van der Waals surface area contributed by atoms with E-state index in [2.05, 4.69) is 16.0 Å². The number of alkyl carbamates (subject to hydrolysis) is 1. The number of amides is 3. The Kier molecular flexibility index (Phi) is 20.4. The van der Waals surface area contributed by atoms with Crippen LogP contribution in [-0.4, -0.2) is 145 Å². The van der Waals surface area contributed by atoms with Crippen molar-refractivity contribution in [3.8, 4) is 11.1 Å². The van der Waals surface area contributed by atoms with Gasteiger partial charge in [0.15, 0.2) is 0 Å². The minimum absolute atomic E-state index is 0.0673. The van der Waals surface area contributed by atoms with Crippen molar-refractivity contribution >= 4 is 29.8 Å². The minimum Gasteiger partial charge on any atom is -0.480 e. The number of fused-ring (bicyclic) bond motifs is 3. The van der Waals surface area contributed by atoms with Gasteiger partial charge in [-0.05, 0) is 22.3 Å². The number of carboxylic acids is 2. The zero-order valence-corrected chi connectivity index (χ0v) is 29.6. The number of hydrogen-bond acceptors (Lipinski definition) is 12. The van der Waals surface area contributed by atoms with Crippen LogP contribution in [0.25, 0.3) is 11.1 Å². The summed E-state index contributed by atoms with van der Waals surface area (Å²) in [6.45, 7) is 1.78. The lowest BCUT2D eigenvalue weighted by Crippen LogP contribution is -2.43. The maximum Gasteiger partial charge on any atom is 0.407 e. The molecule has 3 rings (SSSR count). The van der Waals surface area contributed by atoms with E-state index in [4.69, 9.17) is 43.4 Å². The van der Waals surface area contributed by atoms with Gasteiger partial charge in [0.25, 0.3) is 0 Å². The number of carbonyl (C=O) groups is 5. The zero-order valence-electron chi connectivity index (χ0n) is 29.6. The Morgan fingerprint density at radius 2 is 0.962 bits per heavy atom. The summed E-state index contributed by atoms with van der Waals surface area (Å²) in [7, 11) is 0. The molecular weight excluding hydrogens is 698 g/mol. The Labute approximate surface area is 307 Å². The molecule has 17 heteroatoms. The quantitative estimate of drug-likeness (QED) is 0.0737. The Balaban J connectivity index is 1.40. The van der Waals surface area contributed by atoms with Crippen LogP contribution in [0.5, 0.6) is 0 Å². The molecule has 3 amide bonds. The summed E-state index contributed by atoms with van der Waals surface area (Å²) in [6.07, 6.45) is -1.15. The van der Waals surface area contributed by atoms with Gasteiger partial charge < -0.3 is 59.3 Å². The molecule has 2 aromatic carbocycles. The smallest absolute Gasteiger partial charge is 0.407 e.